The average Bonchev–Trinajstić information content (AvgIpc) is 2.63. The zero-order valence-corrected chi connectivity index (χ0v) is 14.7. The number of anilines is 1. The van der Waals surface area contributed by atoms with E-state index in [1.807, 2.05) is 13.0 Å². The maximum absolute atomic E-state index is 11.8. The highest BCUT2D eigenvalue weighted by Crippen LogP contribution is 2.27. The van der Waals surface area contributed by atoms with Gasteiger partial charge in [-0.2, -0.15) is 5.10 Å². The van der Waals surface area contributed by atoms with Crippen LogP contribution in [0.2, 0.25) is 0 Å². The molecule has 7 nitrogen and oxygen atoms in total. The lowest BCUT2D eigenvalue weighted by Crippen LogP contribution is -2.24. The molecule has 0 saturated heterocycles. The molecular weight excluding hydrogens is 334 g/mol. The summed E-state index contributed by atoms with van der Waals surface area (Å²) in [5, 5.41) is 6.48. The normalized spacial score (nSPS) is 10.4. The lowest BCUT2D eigenvalue weighted by Gasteiger charge is -2.09. The fourth-order valence-corrected chi connectivity index (χ4v) is 2.13. The van der Waals surface area contributed by atoms with Crippen molar-refractivity contribution in [2.24, 2.45) is 5.10 Å². The first-order valence-corrected chi connectivity index (χ1v) is 8.10. The summed E-state index contributed by atoms with van der Waals surface area (Å²) in [6, 6.07) is 14.2. The molecule has 0 aromatic heterocycles. The smallest absolute Gasteiger partial charge is 0.249 e. The molecule has 0 radical (unpaired) electrons. The van der Waals surface area contributed by atoms with E-state index in [1.54, 1.807) is 49.6 Å². The van der Waals surface area contributed by atoms with E-state index in [0.717, 1.165) is 5.56 Å². The number of rotatable bonds is 8. The van der Waals surface area contributed by atoms with Crippen molar-refractivity contribution in [3.63, 3.8) is 0 Å². The minimum Gasteiger partial charge on any atom is -0.493 e. The Bertz CT molecular complexity index is 776. The monoisotopic (exact) mass is 355 g/mol. The van der Waals surface area contributed by atoms with Gasteiger partial charge in [-0.3, -0.25) is 9.59 Å². The molecule has 136 valence electrons. The van der Waals surface area contributed by atoms with Gasteiger partial charge in [0.15, 0.2) is 11.5 Å². The highest BCUT2D eigenvalue weighted by atomic mass is 16.5. The second kappa shape index (κ2) is 9.83. The molecule has 0 saturated carbocycles. The number of para-hydroxylation sites is 1. The first-order valence-electron chi connectivity index (χ1n) is 8.10. The van der Waals surface area contributed by atoms with Gasteiger partial charge in [0.1, 0.15) is 6.42 Å². The Morgan fingerprint density at radius 3 is 2.54 bits per heavy atom. The minimum absolute atomic E-state index is 0.321. The molecule has 0 aliphatic rings. The van der Waals surface area contributed by atoms with Crippen molar-refractivity contribution in [2.45, 2.75) is 13.3 Å². The number of carbonyl (C=O) groups excluding carboxylic acids is 2. The molecule has 2 amide bonds. The minimum atomic E-state index is -0.507. The van der Waals surface area contributed by atoms with Gasteiger partial charge < -0.3 is 14.8 Å². The summed E-state index contributed by atoms with van der Waals surface area (Å²) in [7, 11) is 1.55. The second-order valence-electron chi connectivity index (χ2n) is 5.23. The highest BCUT2D eigenvalue weighted by Gasteiger charge is 2.09. The van der Waals surface area contributed by atoms with Crippen LogP contribution in [0.4, 0.5) is 5.69 Å². The highest BCUT2D eigenvalue weighted by molar-refractivity contribution is 6.03. The van der Waals surface area contributed by atoms with Gasteiger partial charge in [-0.15, -0.1) is 0 Å². The van der Waals surface area contributed by atoms with Crippen molar-refractivity contribution in [1.82, 2.24) is 5.43 Å². The van der Waals surface area contributed by atoms with Crippen LogP contribution in [0, 0.1) is 0 Å². The largest absolute Gasteiger partial charge is 0.493 e. The van der Waals surface area contributed by atoms with Crippen LogP contribution < -0.4 is 20.2 Å². The summed E-state index contributed by atoms with van der Waals surface area (Å²) in [6.45, 7) is 2.42. The lowest BCUT2D eigenvalue weighted by atomic mass is 10.2. The molecule has 0 heterocycles. The van der Waals surface area contributed by atoms with E-state index in [2.05, 4.69) is 15.8 Å². The lowest BCUT2D eigenvalue weighted by molar-refractivity contribution is -0.126. The van der Waals surface area contributed by atoms with Crippen LogP contribution in [0.25, 0.3) is 0 Å². The molecule has 2 aromatic carbocycles. The van der Waals surface area contributed by atoms with Crippen molar-refractivity contribution in [3.8, 4) is 11.5 Å². The third kappa shape index (κ3) is 5.94. The first kappa shape index (κ1) is 19.0. The van der Waals surface area contributed by atoms with Crippen LogP contribution in [-0.4, -0.2) is 31.7 Å². The zero-order valence-electron chi connectivity index (χ0n) is 14.7. The van der Waals surface area contributed by atoms with Gasteiger partial charge >= 0.3 is 0 Å². The van der Waals surface area contributed by atoms with Gasteiger partial charge in [-0.05, 0) is 42.8 Å². The molecular formula is C19H21N3O4. The summed E-state index contributed by atoms with van der Waals surface area (Å²) in [6.07, 6.45) is 1.14. The van der Waals surface area contributed by atoms with Gasteiger partial charge in [-0.25, -0.2) is 5.43 Å². The molecule has 2 aromatic rings. The molecule has 0 bridgehead atoms. The molecule has 0 unspecified atom stereocenters. The maximum atomic E-state index is 11.8. The molecule has 0 aliphatic heterocycles. The summed E-state index contributed by atoms with van der Waals surface area (Å²) >= 11 is 0. The van der Waals surface area contributed by atoms with Crippen LogP contribution in [0.5, 0.6) is 11.5 Å². The molecule has 2 rings (SSSR count). The number of nitrogens with zero attached hydrogens (tertiary/aromatic N) is 1. The Balaban J connectivity index is 1.85. The van der Waals surface area contributed by atoms with E-state index in [9.17, 15) is 9.59 Å². The number of benzene rings is 2. The summed E-state index contributed by atoms with van der Waals surface area (Å²) in [5.41, 5.74) is 3.68. The number of carbonyl (C=O) groups is 2. The van der Waals surface area contributed by atoms with Crippen molar-refractivity contribution >= 4 is 23.7 Å². The number of hydrogen-bond donors (Lipinski definition) is 2. The van der Waals surface area contributed by atoms with Crippen molar-refractivity contribution in [2.75, 3.05) is 19.0 Å². The fourth-order valence-electron chi connectivity index (χ4n) is 2.13. The van der Waals surface area contributed by atoms with Crippen LogP contribution in [0.3, 0.4) is 0 Å². The molecule has 2 N–H and O–H groups in total. The van der Waals surface area contributed by atoms with Gasteiger partial charge in [0, 0.05) is 5.69 Å². The van der Waals surface area contributed by atoms with Gasteiger partial charge in [-0.1, -0.05) is 18.2 Å². The molecule has 7 heteroatoms. The second-order valence-corrected chi connectivity index (χ2v) is 5.23. The topological polar surface area (TPSA) is 89.0 Å². The third-order valence-corrected chi connectivity index (χ3v) is 3.27. The summed E-state index contributed by atoms with van der Waals surface area (Å²) in [5.74, 6) is 0.289. The Morgan fingerprint density at radius 1 is 1.08 bits per heavy atom. The SMILES string of the molecule is CCOc1ccc(C=NNC(=O)CC(=O)Nc2ccccc2)cc1OC. The fraction of sp³-hybridized carbons (Fsp3) is 0.211. The van der Waals surface area contributed by atoms with Gasteiger partial charge in [0.05, 0.1) is 19.9 Å². The van der Waals surface area contributed by atoms with E-state index in [4.69, 9.17) is 9.47 Å². The average molecular weight is 355 g/mol. The molecule has 0 aliphatic carbocycles. The molecule has 0 fully saturated rings. The molecule has 0 atom stereocenters. The van der Waals surface area contributed by atoms with Gasteiger partial charge in [0.2, 0.25) is 11.8 Å². The Morgan fingerprint density at radius 2 is 1.85 bits per heavy atom. The standard InChI is InChI=1S/C19H21N3O4/c1-3-26-16-10-9-14(11-17(16)25-2)13-20-22-19(24)12-18(23)21-15-7-5-4-6-8-15/h4-11,13H,3,12H2,1-2H3,(H,21,23)(H,22,24). The van der Waals surface area contributed by atoms with Crippen molar-refractivity contribution in [3.05, 3.63) is 54.1 Å². The Labute approximate surface area is 152 Å². The number of hydrazone groups is 1. The quantitative estimate of drug-likeness (QED) is 0.433. The van der Waals surface area contributed by atoms with Crippen LogP contribution in [0.15, 0.2) is 53.6 Å². The number of nitrogens with one attached hydrogen (secondary N) is 2. The van der Waals surface area contributed by atoms with E-state index >= 15 is 0 Å². The number of amides is 2. The van der Waals surface area contributed by atoms with Crippen molar-refractivity contribution in [1.29, 1.82) is 0 Å². The van der Waals surface area contributed by atoms with Crippen molar-refractivity contribution < 1.29 is 19.1 Å². The maximum Gasteiger partial charge on any atom is 0.249 e. The summed E-state index contributed by atoms with van der Waals surface area (Å²) in [4.78, 5) is 23.6. The van der Waals surface area contributed by atoms with Crippen LogP contribution in [0.1, 0.15) is 18.9 Å². The molecule has 26 heavy (non-hydrogen) atoms. The number of ether oxygens (including phenoxy) is 2. The van der Waals surface area contributed by atoms with E-state index in [-0.39, 0.29) is 6.42 Å². The summed E-state index contributed by atoms with van der Waals surface area (Å²) < 4.78 is 10.7. The van der Waals surface area contributed by atoms with Gasteiger partial charge in [0.25, 0.3) is 0 Å². The number of hydrogen-bond acceptors (Lipinski definition) is 5. The zero-order chi connectivity index (χ0) is 18.8. The predicted octanol–water partition coefficient (Wildman–Crippen LogP) is 2.57. The van der Waals surface area contributed by atoms with E-state index < -0.39 is 11.8 Å². The number of methoxy groups -OCH3 is 1. The van der Waals surface area contributed by atoms with E-state index in [0.29, 0.717) is 23.8 Å². The molecule has 0 spiro atoms. The van der Waals surface area contributed by atoms with Crippen LogP contribution >= 0.6 is 0 Å². The first-order chi connectivity index (χ1) is 12.6. The Kier molecular flexibility index (Phi) is 7.17. The van der Waals surface area contributed by atoms with E-state index in [1.165, 1.54) is 6.21 Å². The van der Waals surface area contributed by atoms with Crippen LogP contribution in [-0.2, 0) is 9.59 Å². The Hall–Kier alpha value is -3.35. The predicted molar refractivity (Wildman–Crippen MR) is 99.6 cm³/mol. The third-order valence-electron chi connectivity index (χ3n) is 3.27.